The van der Waals surface area contributed by atoms with E-state index in [4.69, 9.17) is 10.8 Å². The van der Waals surface area contributed by atoms with Crippen LogP contribution >= 0.6 is 0 Å². The Hall–Kier alpha value is -1.60. The fourth-order valence-corrected chi connectivity index (χ4v) is 2.58. The number of piperazine rings is 1. The maximum atomic E-state index is 12.6. The topological polar surface area (TPSA) is 87.6 Å². The second-order valence-corrected chi connectivity index (χ2v) is 5.04. The number of nitrogens with zero attached hydrogens (tertiary/aromatic N) is 4. The maximum absolute atomic E-state index is 12.6. The van der Waals surface area contributed by atoms with Crippen LogP contribution in [0.3, 0.4) is 0 Å². The summed E-state index contributed by atoms with van der Waals surface area (Å²) in [6.07, 6.45) is 0.719. The standard InChI is InChI=1S/C13H23N5O2/c1-3-10-11(14)12(16(2)15-10)13(20)18-6-4-17(5-7-18)8-9-19/h19H,3-9,14H2,1-2H3. The molecule has 0 aromatic carbocycles. The third kappa shape index (κ3) is 2.78. The molecule has 0 bridgehead atoms. The van der Waals surface area contributed by atoms with Gasteiger partial charge in [-0.15, -0.1) is 0 Å². The van der Waals surface area contributed by atoms with Crippen LogP contribution in [-0.4, -0.2) is 69.9 Å². The van der Waals surface area contributed by atoms with E-state index in [9.17, 15) is 4.79 Å². The Labute approximate surface area is 118 Å². The van der Waals surface area contributed by atoms with Crippen molar-refractivity contribution >= 4 is 11.6 Å². The van der Waals surface area contributed by atoms with Gasteiger partial charge < -0.3 is 15.7 Å². The molecule has 7 heteroatoms. The van der Waals surface area contributed by atoms with E-state index in [1.807, 2.05) is 6.92 Å². The van der Waals surface area contributed by atoms with Crippen molar-refractivity contribution in [1.82, 2.24) is 19.6 Å². The van der Waals surface area contributed by atoms with E-state index in [-0.39, 0.29) is 12.5 Å². The number of nitrogen functional groups attached to an aromatic ring is 1. The first kappa shape index (κ1) is 14.8. The smallest absolute Gasteiger partial charge is 0.274 e. The number of aliphatic hydroxyl groups is 1. The number of anilines is 1. The SMILES string of the molecule is CCc1nn(C)c(C(=O)N2CCN(CCO)CC2)c1N. The Morgan fingerprint density at radius 2 is 2.00 bits per heavy atom. The van der Waals surface area contributed by atoms with Gasteiger partial charge in [-0.1, -0.05) is 6.92 Å². The summed E-state index contributed by atoms with van der Waals surface area (Å²) in [4.78, 5) is 16.5. The number of aromatic nitrogens is 2. The van der Waals surface area contributed by atoms with Gasteiger partial charge in [-0.2, -0.15) is 5.10 Å². The molecular formula is C13H23N5O2. The number of carbonyl (C=O) groups is 1. The molecule has 1 aliphatic heterocycles. The third-order valence-electron chi connectivity index (χ3n) is 3.77. The molecule has 112 valence electrons. The maximum Gasteiger partial charge on any atom is 0.274 e. The molecule has 3 N–H and O–H groups in total. The van der Waals surface area contributed by atoms with Crippen molar-refractivity contribution in [1.29, 1.82) is 0 Å². The van der Waals surface area contributed by atoms with Gasteiger partial charge in [0.2, 0.25) is 0 Å². The molecule has 7 nitrogen and oxygen atoms in total. The Morgan fingerprint density at radius 1 is 1.35 bits per heavy atom. The van der Waals surface area contributed by atoms with E-state index in [1.54, 1.807) is 16.6 Å². The van der Waals surface area contributed by atoms with E-state index in [2.05, 4.69) is 10.00 Å². The monoisotopic (exact) mass is 281 g/mol. The number of nitrogens with two attached hydrogens (primary N) is 1. The van der Waals surface area contributed by atoms with Gasteiger partial charge in [0.25, 0.3) is 5.91 Å². The van der Waals surface area contributed by atoms with Crippen LogP contribution in [0.1, 0.15) is 23.1 Å². The van der Waals surface area contributed by atoms with E-state index in [1.165, 1.54) is 0 Å². The highest BCUT2D eigenvalue weighted by atomic mass is 16.3. The number of aryl methyl sites for hydroxylation is 2. The van der Waals surface area contributed by atoms with E-state index in [0.29, 0.717) is 31.0 Å². The fourth-order valence-electron chi connectivity index (χ4n) is 2.58. The number of carbonyl (C=O) groups excluding carboxylic acids is 1. The van der Waals surface area contributed by atoms with Crippen LogP contribution in [0, 0.1) is 0 Å². The van der Waals surface area contributed by atoms with Gasteiger partial charge >= 0.3 is 0 Å². The first-order chi connectivity index (χ1) is 9.58. The highest BCUT2D eigenvalue weighted by Crippen LogP contribution is 2.19. The lowest BCUT2D eigenvalue weighted by Gasteiger charge is -2.34. The molecule has 1 aromatic rings. The quantitative estimate of drug-likeness (QED) is 0.763. The van der Waals surface area contributed by atoms with Crippen LogP contribution in [0.4, 0.5) is 5.69 Å². The third-order valence-corrected chi connectivity index (χ3v) is 3.77. The first-order valence-corrected chi connectivity index (χ1v) is 7.02. The zero-order chi connectivity index (χ0) is 14.7. The minimum atomic E-state index is -0.0548. The highest BCUT2D eigenvalue weighted by molar-refractivity contribution is 5.98. The molecular weight excluding hydrogens is 258 g/mol. The molecule has 0 atom stereocenters. The Morgan fingerprint density at radius 3 is 2.50 bits per heavy atom. The Kier molecular flexibility index (Phi) is 4.61. The van der Waals surface area contributed by atoms with Gasteiger partial charge in [-0.05, 0) is 6.42 Å². The van der Waals surface area contributed by atoms with Gasteiger partial charge in [0.05, 0.1) is 18.0 Å². The summed E-state index contributed by atoms with van der Waals surface area (Å²) < 4.78 is 1.58. The zero-order valence-electron chi connectivity index (χ0n) is 12.2. The number of amides is 1. The lowest BCUT2D eigenvalue weighted by molar-refractivity contribution is 0.0605. The van der Waals surface area contributed by atoms with Crippen molar-refractivity contribution in [3.63, 3.8) is 0 Å². The minimum Gasteiger partial charge on any atom is -0.395 e. The van der Waals surface area contributed by atoms with E-state index in [0.717, 1.165) is 25.2 Å². The average molecular weight is 281 g/mol. The van der Waals surface area contributed by atoms with Crippen LogP contribution in [0.5, 0.6) is 0 Å². The van der Waals surface area contributed by atoms with Crippen molar-refractivity contribution < 1.29 is 9.90 Å². The van der Waals surface area contributed by atoms with Crippen LogP contribution < -0.4 is 5.73 Å². The predicted octanol–water partition coefficient (Wildman–Crippen LogP) is -0.685. The summed E-state index contributed by atoms with van der Waals surface area (Å²) in [5.41, 5.74) is 7.78. The van der Waals surface area contributed by atoms with Gasteiger partial charge in [0, 0.05) is 39.8 Å². The summed E-state index contributed by atoms with van der Waals surface area (Å²) in [6.45, 7) is 5.67. The van der Waals surface area contributed by atoms with Gasteiger partial charge in [-0.3, -0.25) is 14.4 Å². The molecule has 0 aliphatic carbocycles. The molecule has 2 heterocycles. The van der Waals surface area contributed by atoms with Gasteiger partial charge in [0.15, 0.2) is 0 Å². The molecule has 1 fully saturated rings. The number of hydrogen-bond acceptors (Lipinski definition) is 5. The number of β-amino-alcohol motifs (C(OH)–C–C–N with tert-alkyl or cyclic N) is 1. The normalized spacial score (nSPS) is 16.6. The number of rotatable bonds is 4. The van der Waals surface area contributed by atoms with E-state index >= 15 is 0 Å². The molecule has 1 aromatic heterocycles. The van der Waals surface area contributed by atoms with Crippen LogP contribution in [0.15, 0.2) is 0 Å². The van der Waals surface area contributed by atoms with E-state index < -0.39 is 0 Å². The second-order valence-electron chi connectivity index (χ2n) is 5.04. The molecule has 1 aliphatic rings. The van der Waals surface area contributed by atoms with Crippen LogP contribution in [0.2, 0.25) is 0 Å². The Balaban J connectivity index is 2.07. The number of hydrogen-bond donors (Lipinski definition) is 2. The van der Waals surface area contributed by atoms with Gasteiger partial charge in [-0.25, -0.2) is 0 Å². The Bertz CT molecular complexity index is 477. The predicted molar refractivity (Wildman–Crippen MR) is 76.4 cm³/mol. The van der Waals surface area contributed by atoms with Crippen LogP contribution in [-0.2, 0) is 13.5 Å². The molecule has 0 spiro atoms. The largest absolute Gasteiger partial charge is 0.395 e. The number of aliphatic hydroxyl groups excluding tert-OH is 1. The van der Waals surface area contributed by atoms with Crippen molar-refractivity contribution in [2.45, 2.75) is 13.3 Å². The second kappa shape index (κ2) is 6.23. The molecule has 1 saturated heterocycles. The fraction of sp³-hybridized carbons (Fsp3) is 0.692. The average Bonchev–Trinajstić information content (AvgIpc) is 2.74. The molecule has 0 unspecified atom stereocenters. The lowest BCUT2D eigenvalue weighted by Crippen LogP contribution is -2.49. The van der Waals surface area contributed by atoms with Crippen molar-refractivity contribution in [3.8, 4) is 0 Å². The van der Waals surface area contributed by atoms with Gasteiger partial charge in [0.1, 0.15) is 5.69 Å². The highest BCUT2D eigenvalue weighted by Gasteiger charge is 2.26. The molecule has 0 saturated carbocycles. The summed E-state index contributed by atoms with van der Waals surface area (Å²) in [5.74, 6) is -0.0548. The molecule has 20 heavy (non-hydrogen) atoms. The summed E-state index contributed by atoms with van der Waals surface area (Å²) in [5, 5.41) is 13.2. The molecule has 0 radical (unpaired) electrons. The first-order valence-electron chi connectivity index (χ1n) is 7.02. The van der Waals surface area contributed by atoms with Crippen molar-refractivity contribution in [3.05, 3.63) is 11.4 Å². The summed E-state index contributed by atoms with van der Waals surface area (Å²) in [7, 11) is 1.75. The van der Waals surface area contributed by atoms with Crippen LogP contribution in [0.25, 0.3) is 0 Å². The molecule has 1 amide bonds. The zero-order valence-corrected chi connectivity index (χ0v) is 12.2. The summed E-state index contributed by atoms with van der Waals surface area (Å²) in [6, 6.07) is 0. The van der Waals surface area contributed by atoms with Crippen molar-refractivity contribution in [2.75, 3.05) is 45.1 Å². The minimum absolute atomic E-state index is 0.0548. The van der Waals surface area contributed by atoms with Crippen molar-refractivity contribution in [2.24, 2.45) is 7.05 Å². The summed E-state index contributed by atoms with van der Waals surface area (Å²) >= 11 is 0. The molecule has 2 rings (SSSR count). The lowest BCUT2D eigenvalue weighted by atomic mass is 10.2.